The first kappa shape index (κ1) is 11.6. The summed E-state index contributed by atoms with van der Waals surface area (Å²) in [6.45, 7) is 1.08. The summed E-state index contributed by atoms with van der Waals surface area (Å²) < 4.78 is 42.3. The van der Waals surface area contributed by atoms with Gasteiger partial charge < -0.3 is 4.74 Å². The molecule has 82 valence electrons. The van der Waals surface area contributed by atoms with Gasteiger partial charge in [-0.25, -0.2) is 0 Å². The fraction of sp³-hybridized carbons (Fsp3) is 0.300. The Morgan fingerprint density at radius 2 is 1.93 bits per heavy atom. The third-order valence-electron chi connectivity index (χ3n) is 1.90. The van der Waals surface area contributed by atoms with Crippen LogP contribution in [0.4, 0.5) is 13.2 Å². The lowest BCUT2D eigenvalue weighted by Crippen LogP contribution is -2.12. The quantitative estimate of drug-likeness (QED) is 0.713. The molecule has 0 aromatic heterocycles. The van der Waals surface area contributed by atoms with Gasteiger partial charge in [0.25, 0.3) is 0 Å². The number of ether oxygens (including phenoxy) is 1. The largest absolute Gasteiger partial charge is 0.496 e. The molecule has 0 aliphatic carbocycles. The van der Waals surface area contributed by atoms with E-state index in [1.165, 1.54) is 19.2 Å². The van der Waals surface area contributed by atoms with Crippen molar-refractivity contribution in [1.29, 1.82) is 0 Å². The molecule has 0 atom stereocenters. The van der Waals surface area contributed by atoms with Gasteiger partial charge in [0.2, 0.25) is 0 Å². The van der Waals surface area contributed by atoms with E-state index in [2.05, 4.69) is 0 Å². The van der Waals surface area contributed by atoms with E-state index in [-0.39, 0.29) is 5.75 Å². The SMILES string of the molecule is COc1cccc(C(F)(F)F)c1C(C)=O. The predicted molar refractivity (Wildman–Crippen MR) is 48.0 cm³/mol. The predicted octanol–water partition coefficient (Wildman–Crippen LogP) is 2.92. The van der Waals surface area contributed by atoms with Gasteiger partial charge >= 0.3 is 6.18 Å². The number of hydrogen-bond donors (Lipinski definition) is 0. The maximum Gasteiger partial charge on any atom is 0.417 e. The van der Waals surface area contributed by atoms with E-state index in [1.54, 1.807) is 0 Å². The number of halogens is 3. The fourth-order valence-electron chi connectivity index (χ4n) is 1.30. The Morgan fingerprint density at radius 3 is 2.33 bits per heavy atom. The average molecular weight is 218 g/mol. The maximum atomic E-state index is 12.5. The molecule has 1 aromatic rings. The number of carbonyl (C=O) groups is 1. The van der Waals surface area contributed by atoms with Crippen molar-refractivity contribution in [3.05, 3.63) is 29.3 Å². The first-order valence-electron chi connectivity index (χ1n) is 4.13. The van der Waals surface area contributed by atoms with Crippen LogP contribution in [0.2, 0.25) is 0 Å². The summed E-state index contributed by atoms with van der Waals surface area (Å²) in [4.78, 5) is 11.1. The van der Waals surface area contributed by atoms with Crippen LogP contribution in [0, 0.1) is 0 Å². The molecular formula is C10H9F3O2. The Kier molecular flexibility index (Phi) is 3.02. The zero-order valence-corrected chi connectivity index (χ0v) is 8.18. The zero-order chi connectivity index (χ0) is 11.6. The minimum absolute atomic E-state index is 0.0580. The second-order valence-corrected chi connectivity index (χ2v) is 2.94. The van der Waals surface area contributed by atoms with Gasteiger partial charge in [0, 0.05) is 0 Å². The molecule has 0 amide bonds. The summed E-state index contributed by atoms with van der Waals surface area (Å²) in [7, 11) is 1.22. The van der Waals surface area contributed by atoms with Crippen LogP contribution in [0.15, 0.2) is 18.2 Å². The summed E-state index contributed by atoms with van der Waals surface area (Å²) in [6.07, 6.45) is -4.55. The molecule has 15 heavy (non-hydrogen) atoms. The Labute approximate surface area is 84.7 Å². The molecule has 0 N–H and O–H groups in total. The molecule has 1 aromatic carbocycles. The second kappa shape index (κ2) is 3.92. The number of benzene rings is 1. The van der Waals surface area contributed by atoms with E-state index >= 15 is 0 Å². The van der Waals surface area contributed by atoms with Gasteiger partial charge in [0.05, 0.1) is 18.2 Å². The molecule has 1 rings (SSSR count). The molecule has 5 heteroatoms. The van der Waals surface area contributed by atoms with E-state index < -0.39 is 23.1 Å². The number of alkyl halides is 3. The molecule has 0 saturated heterocycles. The van der Waals surface area contributed by atoms with Crippen molar-refractivity contribution in [1.82, 2.24) is 0 Å². The van der Waals surface area contributed by atoms with Crippen molar-refractivity contribution in [2.24, 2.45) is 0 Å². The lowest BCUT2D eigenvalue weighted by Gasteiger charge is -2.13. The van der Waals surface area contributed by atoms with Gasteiger partial charge in [0.15, 0.2) is 5.78 Å². The van der Waals surface area contributed by atoms with Gasteiger partial charge in [-0.2, -0.15) is 13.2 Å². The van der Waals surface area contributed by atoms with Crippen molar-refractivity contribution < 1.29 is 22.7 Å². The minimum Gasteiger partial charge on any atom is -0.496 e. The molecule has 0 unspecified atom stereocenters. The van der Waals surface area contributed by atoms with Crippen molar-refractivity contribution in [2.45, 2.75) is 13.1 Å². The normalized spacial score (nSPS) is 11.3. The molecule has 0 fully saturated rings. The van der Waals surface area contributed by atoms with Crippen LogP contribution in [0.1, 0.15) is 22.8 Å². The topological polar surface area (TPSA) is 26.3 Å². The first-order chi connectivity index (χ1) is 6.88. The molecule has 0 bridgehead atoms. The molecular weight excluding hydrogens is 209 g/mol. The van der Waals surface area contributed by atoms with E-state index in [9.17, 15) is 18.0 Å². The highest BCUT2D eigenvalue weighted by Crippen LogP contribution is 2.35. The highest BCUT2D eigenvalue weighted by atomic mass is 19.4. The van der Waals surface area contributed by atoms with Gasteiger partial charge in [-0.05, 0) is 19.1 Å². The Bertz CT molecular complexity index is 383. The van der Waals surface area contributed by atoms with E-state index in [4.69, 9.17) is 4.74 Å². The lowest BCUT2D eigenvalue weighted by atomic mass is 10.0. The Balaban J connectivity index is 3.46. The zero-order valence-electron chi connectivity index (χ0n) is 8.18. The standard InChI is InChI=1S/C10H9F3O2/c1-6(14)9-7(10(11,12)13)4-3-5-8(9)15-2/h3-5H,1-2H3. The maximum absolute atomic E-state index is 12.5. The van der Waals surface area contributed by atoms with E-state index in [0.29, 0.717) is 0 Å². The van der Waals surface area contributed by atoms with E-state index in [1.807, 2.05) is 0 Å². The fourth-order valence-corrected chi connectivity index (χ4v) is 1.30. The van der Waals surface area contributed by atoms with Crippen molar-refractivity contribution in [3.63, 3.8) is 0 Å². The molecule has 0 radical (unpaired) electrons. The van der Waals surface area contributed by atoms with Crippen LogP contribution < -0.4 is 4.74 Å². The Hall–Kier alpha value is -1.52. The number of ketones is 1. The van der Waals surface area contributed by atoms with Gasteiger partial charge in [-0.1, -0.05) is 6.07 Å². The summed E-state index contributed by atoms with van der Waals surface area (Å²) >= 11 is 0. The summed E-state index contributed by atoms with van der Waals surface area (Å²) in [5.41, 5.74) is -1.39. The molecule has 0 spiro atoms. The van der Waals surface area contributed by atoms with Crippen LogP contribution in [0.3, 0.4) is 0 Å². The summed E-state index contributed by atoms with van der Waals surface area (Å²) in [6, 6.07) is 3.39. The second-order valence-electron chi connectivity index (χ2n) is 2.94. The number of Topliss-reactive ketones (excluding diaryl/α,β-unsaturated/α-hetero) is 1. The molecule has 0 heterocycles. The van der Waals surface area contributed by atoms with Crippen LogP contribution in [0.5, 0.6) is 5.75 Å². The van der Waals surface area contributed by atoms with Crippen LogP contribution >= 0.6 is 0 Å². The number of carbonyl (C=O) groups excluding carboxylic acids is 1. The van der Waals surface area contributed by atoms with Crippen LogP contribution in [-0.4, -0.2) is 12.9 Å². The third-order valence-corrected chi connectivity index (χ3v) is 1.90. The van der Waals surface area contributed by atoms with Gasteiger partial charge in [-0.15, -0.1) is 0 Å². The van der Waals surface area contributed by atoms with Gasteiger partial charge in [0.1, 0.15) is 5.75 Å². The summed E-state index contributed by atoms with van der Waals surface area (Å²) in [5, 5.41) is 0. The molecule has 0 saturated carbocycles. The van der Waals surface area contributed by atoms with Crippen LogP contribution in [0.25, 0.3) is 0 Å². The highest BCUT2D eigenvalue weighted by Gasteiger charge is 2.35. The van der Waals surface area contributed by atoms with Gasteiger partial charge in [-0.3, -0.25) is 4.79 Å². The first-order valence-corrected chi connectivity index (χ1v) is 4.13. The number of hydrogen-bond acceptors (Lipinski definition) is 2. The van der Waals surface area contributed by atoms with E-state index in [0.717, 1.165) is 13.0 Å². The van der Waals surface area contributed by atoms with Crippen molar-refractivity contribution in [2.75, 3.05) is 7.11 Å². The van der Waals surface area contributed by atoms with Crippen molar-refractivity contribution in [3.8, 4) is 5.75 Å². The summed E-state index contributed by atoms with van der Waals surface area (Å²) in [5.74, 6) is -0.725. The minimum atomic E-state index is -4.55. The van der Waals surface area contributed by atoms with Crippen molar-refractivity contribution >= 4 is 5.78 Å². The monoisotopic (exact) mass is 218 g/mol. The van der Waals surface area contributed by atoms with Crippen LogP contribution in [-0.2, 0) is 6.18 Å². The number of rotatable bonds is 2. The molecule has 0 aliphatic rings. The molecule has 2 nitrogen and oxygen atoms in total. The molecule has 0 aliphatic heterocycles. The average Bonchev–Trinajstić information content (AvgIpc) is 2.15. The third kappa shape index (κ3) is 2.29. The lowest BCUT2D eigenvalue weighted by molar-refractivity contribution is -0.138. The smallest absolute Gasteiger partial charge is 0.417 e. The Morgan fingerprint density at radius 1 is 1.33 bits per heavy atom. The highest BCUT2D eigenvalue weighted by molar-refractivity contribution is 5.98. The number of methoxy groups -OCH3 is 1.